The van der Waals surface area contributed by atoms with Crippen molar-refractivity contribution < 1.29 is 0 Å². The molecule has 0 radical (unpaired) electrons. The van der Waals surface area contributed by atoms with E-state index >= 15 is 0 Å². The first-order valence-corrected chi connectivity index (χ1v) is 6.13. The van der Waals surface area contributed by atoms with Gasteiger partial charge < -0.3 is 0 Å². The van der Waals surface area contributed by atoms with Crippen LogP contribution in [-0.2, 0) is 0 Å². The fraction of sp³-hybridized carbons (Fsp3) is 0.727. The molecule has 0 aromatic carbocycles. The van der Waals surface area contributed by atoms with Crippen LogP contribution in [0.2, 0.25) is 0 Å². The molecule has 0 amide bonds. The monoisotopic (exact) mass is 193 g/mol. The Morgan fingerprint density at radius 3 is 2.85 bits per heavy atom. The van der Waals surface area contributed by atoms with Gasteiger partial charge in [0.2, 0.25) is 0 Å². The lowest BCUT2D eigenvalue weighted by Gasteiger charge is -2.19. The van der Waals surface area contributed by atoms with Gasteiger partial charge >= 0.3 is 0 Å². The third kappa shape index (κ3) is 1.23. The molecule has 1 heterocycles. The van der Waals surface area contributed by atoms with E-state index in [4.69, 9.17) is 0 Å². The van der Waals surface area contributed by atoms with Crippen molar-refractivity contribution in [3.8, 4) is 0 Å². The number of rotatable bonds is 1. The number of thiazole rings is 1. The van der Waals surface area contributed by atoms with Crippen molar-refractivity contribution in [2.75, 3.05) is 0 Å². The van der Waals surface area contributed by atoms with Crippen molar-refractivity contribution in [1.82, 2.24) is 4.98 Å². The Morgan fingerprint density at radius 1 is 1.38 bits per heavy atom. The predicted octanol–water partition coefficient (Wildman–Crippen LogP) is 3.36. The Bertz CT molecular complexity index is 318. The van der Waals surface area contributed by atoms with Crippen LogP contribution in [0.25, 0.3) is 0 Å². The smallest absolute Gasteiger partial charge is 0.0897 e. The first-order chi connectivity index (χ1) is 6.33. The standard InChI is InChI=1S/C11H15NS/c1-7-12-11(6-13-7)10-5-8-2-3-9(10)4-8/h6,8-10H,2-5H2,1H3. The van der Waals surface area contributed by atoms with Gasteiger partial charge in [-0.05, 0) is 38.0 Å². The summed E-state index contributed by atoms with van der Waals surface area (Å²) in [4.78, 5) is 4.63. The van der Waals surface area contributed by atoms with Crippen molar-refractivity contribution in [2.24, 2.45) is 11.8 Å². The summed E-state index contributed by atoms with van der Waals surface area (Å²) in [5, 5.41) is 3.51. The van der Waals surface area contributed by atoms with Crippen LogP contribution in [0.1, 0.15) is 42.3 Å². The maximum absolute atomic E-state index is 4.63. The molecule has 2 heteroatoms. The maximum atomic E-state index is 4.63. The van der Waals surface area contributed by atoms with Crippen molar-refractivity contribution in [3.63, 3.8) is 0 Å². The van der Waals surface area contributed by atoms with Gasteiger partial charge in [0, 0.05) is 11.3 Å². The van der Waals surface area contributed by atoms with Crippen LogP contribution in [0, 0.1) is 18.8 Å². The van der Waals surface area contributed by atoms with Gasteiger partial charge in [-0.1, -0.05) is 6.42 Å². The molecular formula is C11H15NS. The largest absolute Gasteiger partial charge is 0.246 e. The number of hydrogen-bond acceptors (Lipinski definition) is 2. The molecule has 1 aromatic rings. The maximum Gasteiger partial charge on any atom is 0.0897 e. The molecule has 0 aliphatic heterocycles. The van der Waals surface area contributed by atoms with Crippen LogP contribution in [0.5, 0.6) is 0 Å². The summed E-state index contributed by atoms with van der Waals surface area (Å²) in [6.07, 6.45) is 5.87. The minimum atomic E-state index is 0.823. The lowest BCUT2D eigenvalue weighted by Crippen LogP contribution is -2.08. The number of aryl methyl sites for hydroxylation is 1. The third-order valence-corrected chi connectivity index (χ3v) is 4.55. The molecule has 0 saturated heterocycles. The van der Waals surface area contributed by atoms with Gasteiger partial charge in [-0.2, -0.15) is 0 Å². The molecular weight excluding hydrogens is 178 g/mol. The molecule has 3 atom stereocenters. The highest BCUT2D eigenvalue weighted by Crippen LogP contribution is 2.52. The van der Waals surface area contributed by atoms with Crippen LogP contribution in [0.3, 0.4) is 0 Å². The molecule has 0 N–H and O–H groups in total. The van der Waals surface area contributed by atoms with Crippen LogP contribution < -0.4 is 0 Å². The summed E-state index contributed by atoms with van der Waals surface area (Å²) in [5.74, 6) is 2.84. The van der Waals surface area contributed by atoms with E-state index in [1.807, 2.05) is 11.3 Å². The summed E-state index contributed by atoms with van der Waals surface area (Å²) in [5.41, 5.74) is 1.40. The minimum Gasteiger partial charge on any atom is -0.246 e. The van der Waals surface area contributed by atoms with Gasteiger partial charge in [-0.3, -0.25) is 0 Å². The lowest BCUT2D eigenvalue weighted by molar-refractivity contribution is 0.414. The number of fused-ring (bicyclic) bond motifs is 2. The Balaban J connectivity index is 1.87. The molecule has 2 fully saturated rings. The first-order valence-electron chi connectivity index (χ1n) is 5.25. The topological polar surface area (TPSA) is 12.9 Å². The average molecular weight is 193 g/mol. The molecule has 3 unspecified atom stereocenters. The van der Waals surface area contributed by atoms with Gasteiger partial charge in [0.05, 0.1) is 10.7 Å². The summed E-state index contributed by atoms with van der Waals surface area (Å²) in [6, 6.07) is 0. The molecule has 13 heavy (non-hydrogen) atoms. The van der Waals surface area contributed by atoms with Crippen molar-refractivity contribution in [3.05, 3.63) is 16.1 Å². The van der Waals surface area contributed by atoms with Crippen LogP contribution in [0.15, 0.2) is 5.38 Å². The quantitative estimate of drug-likeness (QED) is 0.666. The Hall–Kier alpha value is -0.370. The molecule has 1 aromatic heterocycles. The normalized spacial score (nSPS) is 37.2. The van der Waals surface area contributed by atoms with Crippen LogP contribution in [-0.4, -0.2) is 4.98 Å². The zero-order valence-electron chi connectivity index (χ0n) is 7.99. The number of nitrogens with zero attached hydrogens (tertiary/aromatic N) is 1. The van der Waals surface area contributed by atoms with Crippen LogP contribution >= 0.6 is 11.3 Å². The summed E-state index contributed by atoms with van der Waals surface area (Å²) < 4.78 is 0. The second-order valence-electron chi connectivity index (χ2n) is 4.57. The lowest BCUT2D eigenvalue weighted by atomic mass is 9.87. The molecule has 2 aliphatic rings. The van der Waals surface area contributed by atoms with E-state index in [9.17, 15) is 0 Å². The van der Waals surface area contributed by atoms with E-state index in [2.05, 4.69) is 17.3 Å². The van der Waals surface area contributed by atoms with Gasteiger partial charge in [-0.15, -0.1) is 11.3 Å². The van der Waals surface area contributed by atoms with E-state index in [0.717, 1.165) is 17.8 Å². The van der Waals surface area contributed by atoms with E-state index in [-0.39, 0.29) is 0 Å². The summed E-state index contributed by atoms with van der Waals surface area (Å²) in [7, 11) is 0. The summed E-state index contributed by atoms with van der Waals surface area (Å²) >= 11 is 1.81. The first kappa shape index (κ1) is 7.98. The predicted molar refractivity (Wildman–Crippen MR) is 55.0 cm³/mol. The molecule has 1 nitrogen and oxygen atoms in total. The third-order valence-electron chi connectivity index (χ3n) is 3.75. The Kier molecular flexibility index (Phi) is 1.72. The highest BCUT2D eigenvalue weighted by Gasteiger charge is 2.40. The summed E-state index contributed by atoms with van der Waals surface area (Å²) in [6.45, 7) is 2.11. The van der Waals surface area contributed by atoms with Gasteiger partial charge in [0.1, 0.15) is 0 Å². The molecule has 2 bridgehead atoms. The zero-order chi connectivity index (χ0) is 8.84. The zero-order valence-corrected chi connectivity index (χ0v) is 8.81. The van der Waals surface area contributed by atoms with Crippen molar-refractivity contribution >= 4 is 11.3 Å². The average Bonchev–Trinajstić information content (AvgIpc) is 2.77. The fourth-order valence-corrected chi connectivity index (χ4v) is 3.83. The molecule has 0 spiro atoms. The van der Waals surface area contributed by atoms with E-state index < -0.39 is 0 Å². The highest BCUT2D eigenvalue weighted by molar-refractivity contribution is 7.09. The number of hydrogen-bond donors (Lipinski definition) is 0. The Morgan fingerprint density at radius 2 is 2.31 bits per heavy atom. The minimum absolute atomic E-state index is 0.823. The van der Waals surface area contributed by atoms with Crippen molar-refractivity contribution in [2.45, 2.75) is 38.5 Å². The molecule has 3 rings (SSSR count). The SMILES string of the molecule is Cc1nc(C2CC3CCC2C3)cs1. The Labute approximate surface area is 83.2 Å². The van der Waals surface area contributed by atoms with E-state index in [0.29, 0.717) is 0 Å². The van der Waals surface area contributed by atoms with E-state index in [1.54, 1.807) is 0 Å². The molecule has 70 valence electrons. The number of aromatic nitrogens is 1. The fourth-order valence-electron chi connectivity index (χ4n) is 3.16. The second kappa shape index (κ2) is 2.81. The van der Waals surface area contributed by atoms with Gasteiger partial charge in [0.25, 0.3) is 0 Å². The van der Waals surface area contributed by atoms with E-state index in [1.165, 1.54) is 36.4 Å². The molecule has 2 saturated carbocycles. The highest BCUT2D eigenvalue weighted by atomic mass is 32.1. The molecule has 2 aliphatic carbocycles. The van der Waals surface area contributed by atoms with Gasteiger partial charge in [-0.25, -0.2) is 4.98 Å². The second-order valence-corrected chi connectivity index (χ2v) is 5.63. The van der Waals surface area contributed by atoms with Gasteiger partial charge in [0.15, 0.2) is 0 Å². The van der Waals surface area contributed by atoms with Crippen molar-refractivity contribution in [1.29, 1.82) is 0 Å². The van der Waals surface area contributed by atoms with Crippen LogP contribution in [0.4, 0.5) is 0 Å².